The topological polar surface area (TPSA) is 75.3 Å². The van der Waals surface area contributed by atoms with Gasteiger partial charge in [-0.15, -0.1) is 0 Å². The number of hydrogen-bond acceptors (Lipinski definition) is 4. The number of aromatic amines is 1. The van der Waals surface area contributed by atoms with Gasteiger partial charge >= 0.3 is 5.97 Å². The molecule has 0 spiro atoms. The number of H-pyrrole nitrogens is 1. The minimum Gasteiger partial charge on any atom is -0.452 e. The van der Waals surface area contributed by atoms with Crippen molar-refractivity contribution in [1.82, 2.24) is 15.1 Å². The summed E-state index contributed by atoms with van der Waals surface area (Å²) in [5.74, 6) is -0.781. The van der Waals surface area contributed by atoms with Crippen LogP contribution in [-0.4, -0.2) is 40.6 Å². The van der Waals surface area contributed by atoms with E-state index in [9.17, 15) is 9.59 Å². The number of nitrogens with one attached hydrogen (secondary N) is 1. The molecule has 0 saturated carbocycles. The van der Waals surface area contributed by atoms with Gasteiger partial charge in [-0.05, 0) is 29.7 Å². The first-order chi connectivity index (χ1) is 12.6. The van der Waals surface area contributed by atoms with Crippen molar-refractivity contribution in [3.05, 3.63) is 65.4 Å². The Morgan fingerprint density at radius 1 is 1.12 bits per heavy atom. The van der Waals surface area contributed by atoms with Gasteiger partial charge in [-0.1, -0.05) is 37.3 Å². The lowest BCUT2D eigenvalue weighted by Crippen LogP contribution is -2.30. The molecule has 1 amide bonds. The highest BCUT2D eigenvalue weighted by Gasteiger charge is 2.14. The number of fused-ring (bicyclic) bond motifs is 1. The van der Waals surface area contributed by atoms with Crippen molar-refractivity contribution in [3.63, 3.8) is 0 Å². The van der Waals surface area contributed by atoms with Crippen LogP contribution in [0, 0.1) is 0 Å². The van der Waals surface area contributed by atoms with E-state index in [1.54, 1.807) is 36.3 Å². The number of aromatic nitrogens is 2. The summed E-state index contributed by atoms with van der Waals surface area (Å²) in [6.45, 7) is 2.28. The zero-order chi connectivity index (χ0) is 18.5. The van der Waals surface area contributed by atoms with Gasteiger partial charge in [0.2, 0.25) is 0 Å². The average Bonchev–Trinajstić information content (AvgIpc) is 3.14. The van der Waals surface area contributed by atoms with Crippen LogP contribution in [0.1, 0.15) is 28.4 Å². The smallest absolute Gasteiger partial charge is 0.338 e. The summed E-state index contributed by atoms with van der Waals surface area (Å²) in [6.07, 6.45) is 2.66. The van der Waals surface area contributed by atoms with Crippen LogP contribution in [0.15, 0.2) is 48.7 Å². The molecule has 0 aliphatic carbocycles. The zero-order valence-corrected chi connectivity index (χ0v) is 14.9. The molecule has 0 radical (unpaired) electrons. The van der Waals surface area contributed by atoms with E-state index in [2.05, 4.69) is 29.3 Å². The SMILES string of the molecule is CCc1ccc(CN(C)C(=O)COC(=O)c2ccc3cn[nH]c3c2)cc1. The number of carbonyl (C=O) groups excluding carboxylic acids is 2. The molecule has 0 unspecified atom stereocenters. The fourth-order valence-electron chi connectivity index (χ4n) is 2.63. The monoisotopic (exact) mass is 351 g/mol. The van der Waals surface area contributed by atoms with Crippen LogP contribution in [0.25, 0.3) is 10.9 Å². The maximum absolute atomic E-state index is 12.2. The van der Waals surface area contributed by atoms with Crippen molar-refractivity contribution < 1.29 is 14.3 Å². The van der Waals surface area contributed by atoms with Gasteiger partial charge in [0.25, 0.3) is 5.91 Å². The van der Waals surface area contributed by atoms with Crippen LogP contribution < -0.4 is 0 Å². The largest absolute Gasteiger partial charge is 0.452 e. The Morgan fingerprint density at radius 3 is 2.58 bits per heavy atom. The Balaban J connectivity index is 1.54. The fourth-order valence-corrected chi connectivity index (χ4v) is 2.63. The molecule has 26 heavy (non-hydrogen) atoms. The van der Waals surface area contributed by atoms with Gasteiger partial charge in [0.15, 0.2) is 6.61 Å². The number of carbonyl (C=O) groups is 2. The van der Waals surface area contributed by atoms with Crippen molar-refractivity contribution in [2.45, 2.75) is 19.9 Å². The number of esters is 1. The van der Waals surface area contributed by atoms with Gasteiger partial charge in [0.05, 0.1) is 17.3 Å². The molecule has 0 atom stereocenters. The van der Waals surface area contributed by atoms with Crippen LogP contribution in [0.5, 0.6) is 0 Å². The highest BCUT2D eigenvalue weighted by Crippen LogP contribution is 2.14. The summed E-state index contributed by atoms with van der Waals surface area (Å²) in [5, 5.41) is 7.62. The third kappa shape index (κ3) is 4.08. The Kier molecular flexibility index (Phi) is 5.31. The standard InChI is InChI=1S/C20H21N3O3/c1-3-14-4-6-15(7-5-14)12-23(2)19(24)13-26-20(25)16-8-9-17-11-21-22-18(17)10-16/h4-11H,3,12-13H2,1-2H3,(H,21,22). The predicted octanol–water partition coefficient (Wildman–Crippen LogP) is 2.94. The first-order valence-electron chi connectivity index (χ1n) is 8.49. The molecule has 0 saturated heterocycles. The van der Waals surface area contributed by atoms with Gasteiger partial charge in [0, 0.05) is 19.0 Å². The van der Waals surface area contributed by atoms with Gasteiger partial charge in [-0.25, -0.2) is 4.79 Å². The number of hydrogen-bond donors (Lipinski definition) is 1. The minimum atomic E-state index is -0.532. The first kappa shape index (κ1) is 17.7. The van der Waals surface area contributed by atoms with Crippen molar-refractivity contribution in [1.29, 1.82) is 0 Å². The molecule has 1 aromatic heterocycles. The quantitative estimate of drug-likeness (QED) is 0.693. The molecule has 0 fully saturated rings. The van der Waals surface area contributed by atoms with E-state index in [4.69, 9.17) is 4.74 Å². The van der Waals surface area contributed by atoms with Crippen LogP contribution in [0.4, 0.5) is 0 Å². The third-order valence-corrected chi connectivity index (χ3v) is 4.28. The molecule has 2 aromatic carbocycles. The number of ether oxygens (including phenoxy) is 1. The fraction of sp³-hybridized carbons (Fsp3) is 0.250. The summed E-state index contributed by atoms with van der Waals surface area (Å²) in [6, 6.07) is 13.2. The Hall–Kier alpha value is -3.15. The number of rotatable bonds is 6. The predicted molar refractivity (Wildman–Crippen MR) is 98.7 cm³/mol. The van der Waals surface area contributed by atoms with E-state index in [1.807, 2.05) is 12.1 Å². The van der Waals surface area contributed by atoms with Gasteiger partial charge in [0.1, 0.15) is 0 Å². The lowest BCUT2D eigenvalue weighted by molar-refractivity contribution is -0.133. The second-order valence-electron chi connectivity index (χ2n) is 6.17. The highest BCUT2D eigenvalue weighted by atomic mass is 16.5. The molecule has 1 heterocycles. The second-order valence-corrected chi connectivity index (χ2v) is 6.17. The first-order valence-corrected chi connectivity index (χ1v) is 8.49. The number of nitrogens with zero attached hydrogens (tertiary/aromatic N) is 2. The molecule has 6 nitrogen and oxygen atoms in total. The summed E-state index contributed by atoms with van der Waals surface area (Å²) in [7, 11) is 1.69. The van der Waals surface area contributed by atoms with Crippen LogP contribution in [-0.2, 0) is 22.5 Å². The van der Waals surface area contributed by atoms with E-state index in [0.717, 1.165) is 22.9 Å². The van der Waals surface area contributed by atoms with Gasteiger partial charge < -0.3 is 9.64 Å². The molecular weight excluding hydrogens is 330 g/mol. The summed E-state index contributed by atoms with van der Waals surface area (Å²) < 4.78 is 5.15. The Morgan fingerprint density at radius 2 is 1.85 bits per heavy atom. The van der Waals surface area contributed by atoms with E-state index >= 15 is 0 Å². The highest BCUT2D eigenvalue weighted by molar-refractivity contribution is 5.95. The minimum absolute atomic E-state index is 0.250. The number of amides is 1. The number of aryl methyl sites for hydroxylation is 1. The molecule has 3 aromatic rings. The van der Waals surface area contributed by atoms with Crippen molar-refractivity contribution in [2.75, 3.05) is 13.7 Å². The van der Waals surface area contributed by atoms with Crippen molar-refractivity contribution in [2.24, 2.45) is 0 Å². The normalized spacial score (nSPS) is 10.7. The lowest BCUT2D eigenvalue weighted by atomic mass is 10.1. The maximum atomic E-state index is 12.2. The van der Waals surface area contributed by atoms with Gasteiger partial charge in [-0.2, -0.15) is 5.10 Å². The third-order valence-electron chi connectivity index (χ3n) is 4.28. The maximum Gasteiger partial charge on any atom is 0.338 e. The molecule has 0 aliphatic rings. The van der Waals surface area contributed by atoms with Crippen LogP contribution in [0.2, 0.25) is 0 Å². The molecular formula is C20H21N3O3. The van der Waals surface area contributed by atoms with E-state index in [0.29, 0.717) is 12.1 Å². The molecule has 0 aliphatic heterocycles. The molecule has 1 N–H and O–H groups in total. The summed E-state index contributed by atoms with van der Waals surface area (Å²) in [5.41, 5.74) is 3.42. The lowest BCUT2D eigenvalue weighted by Gasteiger charge is -2.17. The van der Waals surface area contributed by atoms with Crippen molar-refractivity contribution >= 4 is 22.8 Å². The van der Waals surface area contributed by atoms with E-state index in [1.165, 1.54) is 5.56 Å². The average molecular weight is 351 g/mol. The summed E-state index contributed by atoms with van der Waals surface area (Å²) >= 11 is 0. The molecule has 134 valence electrons. The second kappa shape index (κ2) is 7.82. The Labute approximate surface area is 151 Å². The van der Waals surface area contributed by atoms with Gasteiger partial charge in [-0.3, -0.25) is 9.89 Å². The van der Waals surface area contributed by atoms with E-state index in [-0.39, 0.29) is 12.5 Å². The molecule has 6 heteroatoms. The zero-order valence-electron chi connectivity index (χ0n) is 14.9. The molecule has 3 rings (SSSR count). The Bertz CT molecular complexity index is 915. The van der Waals surface area contributed by atoms with Crippen molar-refractivity contribution in [3.8, 4) is 0 Å². The number of likely N-dealkylation sites (N-methyl/N-ethyl adjacent to an activating group) is 1. The van der Waals surface area contributed by atoms with E-state index < -0.39 is 5.97 Å². The number of benzene rings is 2. The van der Waals surface area contributed by atoms with Crippen LogP contribution in [0.3, 0.4) is 0 Å². The molecule has 0 bridgehead atoms. The summed E-state index contributed by atoms with van der Waals surface area (Å²) in [4.78, 5) is 25.9. The van der Waals surface area contributed by atoms with Crippen LogP contribution >= 0.6 is 0 Å².